The number of amides is 1. The van der Waals surface area contributed by atoms with Gasteiger partial charge in [0.15, 0.2) is 0 Å². The maximum atomic E-state index is 12.2. The van der Waals surface area contributed by atoms with Gasteiger partial charge in [-0.3, -0.25) is 4.79 Å². The van der Waals surface area contributed by atoms with Crippen molar-refractivity contribution in [1.29, 1.82) is 0 Å². The lowest BCUT2D eigenvalue weighted by Crippen LogP contribution is -2.22. The number of carbonyl (C=O) groups excluding carboxylic acids is 1. The van der Waals surface area contributed by atoms with Gasteiger partial charge in [-0.2, -0.15) is 0 Å². The van der Waals surface area contributed by atoms with Gasteiger partial charge in [-0.15, -0.1) is 0 Å². The molecule has 0 aliphatic rings. The Hall–Kier alpha value is -2.20. The zero-order valence-corrected chi connectivity index (χ0v) is 13.0. The van der Waals surface area contributed by atoms with Crippen LogP contribution in [0.25, 0.3) is 0 Å². The largest absolute Gasteiger partial charge is 0.399 e. The molecule has 0 heterocycles. The Kier molecular flexibility index (Phi) is 4.38. The first kappa shape index (κ1) is 15.2. The van der Waals surface area contributed by atoms with E-state index in [0.717, 1.165) is 11.3 Å². The molecule has 0 spiro atoms. The van der Waals surface area contributed by atoms with Crippen molar-refractivity contribution in [3.05, 3.63) is 52.5 Å². The normalized spacial score (nSPS) is 10.3. The third-order valence-electron chi connectivity index (χ3n) is 3.07. The van der Waals surface area contributed by atoms with E-state index >= 15 is 0 Å². The molecule has 2 rings (SSSR count). The van der Waals surface area contributed by atoms with Crippen LogP contribution in [0.4, 0.5) is 17.1 Å². The molecule has 0 atom stereocenters. The molecule has 3 N–H and O–H groups in total. The highest BCUT2D eigenvalue weighted by Gasteiger charge is 2.14. The number of nitrogens with zero attached hydrogens (tertiary/aromatic N) is 1. The molecule has 0 aliphatic heterocycles. The maximum Gasteiger partial charge on any atom is 0.255 e. The fourth-order valence-electron chi connectivity index (χ4n) is 1.96. The van der Waals surface area contributed by atoms with Crippen molar-refractivity contribution in [2.75, 3.05) is 25.1 Å². The van der Waals surface area contributed by atoms with Crippen molar-refractivity contribution in [2.24, 2.45) is 0 Å². The number of hydrogen-bond donors (Lipinski definition) is 2. The molecule has 0 saturated heterocycles. The summed E-state index contributed by atoms with van der Waals surface area (Å²) in [7, 11) is 3.42. The van der Waals surface area contributed by atoms with Gasteiger partial charge in [0.1, 0.15) is 0 Å². The summed E-state index contributed by atoms with van der Waals surface area (Å²) < 4.78 is 0. The molecule has 0 aromatic heterocycles. The zero-order chi connectivity index (χ0) is 15.6. The highest BCUT2D eigenvalue weighted by Crippen LogP contribution is 2.29. The van der Waals surface area contributed by atoms with E-state index in [1.807, 2.05) is 25.1 Å². The monoisotopic (exact) mass is 303 g/mol. The van der Waals surface area contributed by atoms with Crippen LogP contribution in [0.15, 0.2) is 36.4 Å². The van der Waals surface area contributed by atoms with Gasteiger partial charge < -0.3 is 16.0 Å². The number of aryl methyl sites for hydroxylation is 1. The molecule has 0 unspecified atom stereocenters. The van der Waals surface area contributed by atoms with Crippen LogP contribution in [-0.2, 0) is 0 Å². The van der Waals surface area contributed by atoms with E-state index in [2.05, 4.69) is 5.32 Å². The third-order valence-corrected chi connectivity index (χ3v) is 3.39. The number of halogens is 1. The molecule has 0 saturated carbocycles. The van der Waals surface area contributed by atoms with Gasteiger partial charge in [0, 0.05) is 19.8 Å². The Bertz CT molecular complexity index is 683. The van der Waals surface area contributed by atoms with E-state index in [9.17, 15) is 4.79 Å². The number of hydrogen-bond acceptors (Lipinski definition) is 3. The summed E-state index contributed by atoms with van der Waals surface area (Å²) in [5.74, 6) is -0.0965. The lowest BCUT2D eigenvalue weighted by molar-refractivity contribution is 0.0828. The molecule has 21 heavy (non-hydrogen) atoms. The van der Waals surface area contributed by atoms with Crippen LogP contribution >= 0.6 is 11.6 Å². The van der Waals surface area contributed by atoms with Crippen LogP contribution in [0, 0.1) is 6.92 Å². The summed E-state index contributed by atoms with van der Waals surface area (Å²) in [6, 6.07) is 10.8. The minimum absolute atomic E-state index is 0.0965. The topological polar surface area (TPSA) is 58.4 Å². The first-order chi connectivity index (χ1) is 9.88. The number of anilines is 3. The number of nitrogen functional groups attached to an aromatic ring is 1. The van der Waals surface area contributed by atoms with Crippen LogP contribution in [0.2, 0.25) is 5.02 Å². The fourth-order valence-corrected chi connectivity index (χ4v) is 2.24. The molecule has 0 fully saturated rings. The zero-order valence-electron chi connectivity index (χ0n) is 12.3. The number of rotatable bonds is 3. The minimum atomic E-state index is -0.0965. The molecular weight excluding hydrogens is 286 g/mol. The lowest BCUT2D eigenvalue weighted by atomic mass is 10.1. The minimum Gasteiger partial charge on any atom is -0.399 e. The Labute approximate surface area is 129 Å². The average Bonchev–Trinajstić information content (AvgIpc) is 2.41. The van der Waals surface area contributed by atoms with E-state index in [0.29, 0.717) is 22.0 Å². The van der Waals surface area contributed by atoms with Crippen molar-refractivity contribution in [3.63, 3.8) is 0 Å². The van der Waals surface area contributed by atoms with Gasteiger partial charge in [-0.25, -0.2) is 0 Å². The fraction of sp³-hybridized carbons (Fsp3) is 0.188. The molecular formula is C16H18ClN3O. The van der Waals surface area contributed by atoms with Gasteiger partial charge in [-0.05, 0) is 42.8 Å². The maximum absolute atomic E-state index is 12.2. The second kappa shape index (κ2) is 6.06. The Morgan fingerprint density at radius 3 is 2.48 bits per heavy atom. The summed E-state index contributed by atoms with van der Waals surface area (Å²) in [6.45, 7) is 1.97. The smallest absolute Gasteiger partial charge is 0.255 e. The summed E-state index contributed by atoms with van der Waals surface area (Å²) in [4.78, 5) is 13.7. The molecule has 2 aromatic carbocycles. The van der Waals surface area contributed by atoms with Gasteiger partial charge in [0.25, 0.3) is 5.91 Å². The third kappa shape index (κ3) is 3.47. The van der Waals surface area contributed by atoms with Gasteiger partial charge in [-0.1, -0.05) is 17.7 Å². The lowest BCUT2D eigenvalue weighted by Gasteiger charge is -2.16. The SMILES string of the molecule is Cc1ccc(Nc2cc(N)ccc2C(=O)N(C)C)c(Cl)c1. The van der Waals surface area contributed by atoms with Crippen LogP contribution in [-0.4, -0.2) is 24.9 Å². The number of nitrogens with one attached hydrogen (secondary N) is 1. The number of carbonyl (C=O) groups is 1. The Balaban J connectivity index is 2.43. The van der Waals surface area contributed by atoms with Crippen molar-refractivity contribution in [1.82, 2.24) is 4.90 Å². The highest BCUT2D eigenvalue weighted by atomic mass is 35.5. The van der Waals surface area contributed by atoms with Crippen LogP contribution in [0.5, 0.6) is 0 Å². The Morgan fingerprint density at radius 2 is 1.86 bits per heavy atom. The van der Waals surface area contributed by atoms with Crippen LogP contribution in [0.3, 0.4) is 0 Å². The predicted octanol–water partition coefficient (Wildman–Crippen LogP) is 3.68. The molecule has 0 radical (unpaired) electrons. The first-order valence-electron chi connectivity index (χ1n) is 6.53. The molecule has 0 aliphatic carbocycles. The predicted molar refractivity (Wildman–Crippen MR) is 88.3 cm³/mol. The highest BCUT2D eigenvalue weighted by molar-refractivity contribution is 6.33. The van der Waals surface area contributed by atoms with Crippen molar-refractivity contribution in [2.45, 2.75) is 6.92 Å². The second-order valence-electron chi connectivity index (χ2n) is 5.11. The van der Waals surface area contributed by atoms with Crippen molar-refractivity contribution < 1.29 is 4.79 Å². The van der Waals surface area contributed by atoms with E-state index < -0.39 is 0 Å². The molecule has 2 aromatic rings. The number of nitrogens with two attached hydrogens (primary N) is 1. The Morgan fingerprint density at radius 1 is 1.14 bits per heavy atom. The molecule has 4 nitrogen and oxygen atoms in total. The summed E-state index contributed by atoms with van der Waals surface area (Å²) >= 11 is 6.22. The molecule has 5 heteroatoms. The molecule has 110 valence electrons. The molecule has 0 bridgehead atoms. The van der Waals surface area contributed by atoms with Gasteiger partial charge in [0.2, 0.25) is 0 Å². The van der Waals surface area contributed by atoms with E-state index in [4.69, 9.17) is 17.3 Å². The van der Waals surface area contributed by atoms with E-state index in [1.165, 1.54) is 4.90 Å². The average molecular weight is 304 g/mol. The molecule has 1 amide bonds. The van der Waals surface area contributed by atoms with Crippen molar-refractivity contribution in [3.8, 4) is 0 Å². The first-order valence-corrected chi connectivity index (χ1v) is 6.90. The van der Waals surface area contributed by atoms with Gasteiger partial charge in [0.05, 0.1) is 22.0 Å². The summed E-state index contributed by atoms with van der Waals surface area (Å²) in [5.41, 5.74) is 9.40. The van der Waals surface area contributed by atoms with E-state index in [-0.39, 0.29) is 5.91 Å². The quantitative estimate of drug-likeness (QED) is 0.850. The van der Waals surface area contributed by atoms with Gasteiger partial charge >= 0.3 is 0 Å². The summed E-state index contributed by atoms with van der Waals surface area (Å²) in [6.07, 6.45) is 0. The number of benzene rings is 2. The van der Waals surface area contributed by atoms with Crippen LogP contribution in [0.1, 0.15) is 15.9 Å². The van der Waals surface area contributed by atoms with Crippen molar-refractivity contribution >= 4 is 34.6 Å². The summed E-state index contributed by atoms with van der Waals surface area (Å²) in [5, 5.41) is 3.78. The standard InChI is InChI=1S/C16H18ClN3O/c1-10-4-7-14(13(17)8-10)19-15-9-11(18)5-6-12(15)16(21)20(2)3/h4-9,19H,18H2,1-3H3. The second-order valence-corrected chi connectivity index (χ2v) is 5.52. The van der Waals surface area contributed by atoms with E-state index in [1.54, 1.807) is 32.3 Å². The van der Waals surface area contributed by atoms with Crippen LogP contribution < -0.4 is 11.1 Å².